The highest BCUT2D eigenvalue weighted by atomic mass is 35.5. The van der Waals surface area contributed by atoms with Crippen molar-refractivity contribution in [2.75, 3.05) is 0 Å². The van der Waals surface area contributed by atoms with Crippen LogP contribution in [-0.4, -0.2) is 22.0 Å². The van der Waals surface area contributed by atoms with Gasteiger partial charge in [0.25, 0.3) is 0 Å². The maximum Gasteiger partial charge on any atom is 0.213 e. The molecule has 0 bridgehead atoms. The molecule has 0 aromatic heterocycles. The lowest BCUT2D eigenvalue weighted by Crippen LogP contribution is -2.20. The van der Waals surface area contributed by atoms with Crippen molar-refractivity contribution in [2.24, 2.45) is 21.6 Å². The van der Waals surface area contributed by atoms with Crippen LogP contribution < -0.4 is 11.5 Å². The average molecular weight is 204 g/mol. The van der Waals surface area contributed by atoms with Crippen molar-refractivity contribution >= 4 is 28.4 Å². The molecule has 0 unspecified atom stereocenters. The molecule has 0 amide bonds. The summed E-state index contributed by atoms with van der Waals surface area (Å²) in [5, 5.41) is 17.9. The van der Waals surface area contributed by atoms with Gasteiger partial charge in [0.2, 0.25) is 5.96 Å². The van der Waals surface area contributed by atoms with E-state index in [-0.39, 0.29) is 16.6 Å². The first-order valence-electron chi connectivity index (χ1n) is 3.25. The Kier molecular flexibility index (Phi) is 4.53. The van der Waals surface area contributed by atoms with Gasteiger partial charge in [0.1, 0.15) is 0 Å². The Labute approximate surface area is 80.1 Å². The maximum atomic E-state index is 8.50. The molecule has 0 saturated heterocycles. The Morgan fingerprint density at radius 3 is 2.38 bits per heavy atom. The maximum absolute atomic E-state index is 8.50. The smallest absolute Gasteiger partial charge is 0.213 e. The standard InChI is InChI=1S/C6H10ClN5O/c1-2-3(8)4(12-13)5(7)11-6(9)10/h2,13H,8H2,1H3,(H3,9,10)/b3-2+,11-5?,12-4?. The molecule has 0 rings (SSSR count). The zero-order valence-corrected chi connectivity index (χ0v) is 7.71. The molecule has 72 valence electrons. The molecule has 6 N–H and O–H groups in total. The number of hydrogen-bond donors (Lipinski definition) is 4. The van der Waals surface area contributed by atoms with E-state index in [0.29, 0.717) is 0 Å². The second-order valence-electron chi connectivity index (χ2n) is 1.98. The first-order valence-corrected chi connectivity index (χ1v) is 3.63. The van der Waals surface area contributed by atoms with Gasteiger partial charge in [0.05, 0.1) is 5.70 Å². The molecule has 0 fully saturated rings. The van der Waals surface area contributed by atoms with Crippen LogP contribution in [0.4, 0.5) is 0 Å². The zero-order valence-electron chi connectivity index (χ0n) is 6.95. The molecule has 7 heteroatoms. The van der Waals surface area contributed by atoms with Crippen LogP contribution in [0.5, 0.6) is 0 Å². The van der Waals surface area contributed by atoms with E-state index < -0.39 is 5.96 Å². The van der Waals surface area contributed by atoms with Crippen LogP contribution in [0.1, 0.15) is 6.92 Å². The van der Waals surface area contributed by atoms with Crippen LogP contribution in [0, 0.1) is 5.41 Å². The molecule has 0 aliphatic rings. The number of nitrogens with one attached hydrogen (secondary N) is 1. The third-order valence-electron chi connectivity index (χ3n) is 1.10. The molecular formula is C6H10ClN5O. The lowest BCUT2D eigenvalue weighted by atomic mass is 10.3. The van der Waals surface area contributed by atoms with Crippen LogP contribution >= 0.6 is 11.6 Å². The fourth-order valence-corrected chi connectivity index (χ4v) is 0.751. The molecule has 0 heterocycles. The van der Waals surface area contributed by atoms with Gasteiger partial charge in [-0.15, -0.1) is 0 Å². The second kappa shape index (κ2) is 5.15. The first kappa shape index (κ1) is 11.4. The van der Waals surface area contributed by atoms with E-state index in [0.717, 1.165) is 0 Å². The van der Waals surface area contributed by atoms with Crippen LogP contribution in [0.25, 0.3) is 0 Å². The molecule has 13 heavy (non-hydrogen) atoms. The van der Waals surface area contributed by atoms with Crippen molar-refractivity contribution in [3.05, 3.63) is 11.8 Å². The number of oxime groups is 1. The summed E-state index contributed by atoms with van der Waals surface area (Å²) in [5.41, 5.74) is 10.4. The van der Waals surface area contributed by atoms with E-state index in [1.807, 2.05) is 0 Å². The van der Waals surface area contributed by atoms with Crippen molar-refractivity contribution < 1.29 is 5.21 Å². The highest BCUT2D eigenvalue weighted by Gasteiger charge is 2.09. The summed E-state index contributed by atoms with van der Waals surface area (Å²) in [4.78, 5) is 3.35. The van der Waals surface area contributed by atoms with E-state index >= 15 is 0 Å². The number of allylic oxidation sites excluding steroid dienone is 2. The zero-order chi connectivity index (χ0) is 10.4. The van der Waals surface area contributed by atoms with Crippen molar-refractivity contribution in [2.45, 2.75) is 6.92 Å². The number of rotatable bonds is 2. The van der Waals surface area contributed by atoms with Gasteiger partial charge < -0.3 is 16.7 Å². The molecule has 0 radical (unpaired) electrons. The minimum Gasteiger partial charge on any atom is -0.410 e. The van der Waals surface area contributed by atoms with Crippen LogP contribution in [-0.2, 0) is 0 Å². The number of nitrogens with zero attached hydrogens (tertiary/aromatic N) is 2. The fourth-order valence-electron chi connectivity index (χ4n) is 0.514. The number of hydrogen-bond acceptors (Lipinski definition) is 4. The average Bonchev–Trinajstić information content (AvgIpc) is 2.03. The number of guanidine groups is 1. The Hall–Kier alpha value is -1.56. The van der Waals surface area contributed by atoms with Gasteiger partial charge in [0, 0.05) is 0 Å². The minimum absolute atomic E-state index is 0.112. The summed E-state index contributed by atoms with van der Waals surface area (Å²) in [5.74, 6) is -0.491. The predicted octanol–water partition coefficient (Wildman–Crippen LogP) is 0.210. The summed E-state index contributed by atoms with van der Waals surface area (Å²) in [7, 11) is 0. The Balaban J connectivity index is 4.93. The van der Waals surface area contributed by atoms with Gasteiger partial charge in [-0.25, -0.2) is 0 Å². The van der Waals surface area contributed by atoms with Crippen molar-refractivity contribution in [1.82, 2.24) is 0 Å². The van der Waals surface area contributed by atoms with E-state index in [4.69, 9.17) is 33.7 Å². The minimum atomic E-state index is -0.491. The van der Waals surface area contributed by atoms with Gasteiger partial charge in [0.15, 0.2) is 10.9 Å². The largest absolute Gasteiger partial charge is 0.410 e. The van der Waals surface area contributed by atoms with E-state index in [1.54, 1.807) is 6.92 Å². The van der Waals surface area contributed by atoms with Crippen LogP contribution in [0.2, 0.25) is 0 Å². The third-order valence-corrected chi connectivity index (χ3v) is 1.36. The van der Waals surface area contributed by atoms with Crippen molar-refractivity contribution in [3.8, 4) is 0 Å². The molecule has 0 saturated carbocycles. The number of halogens is 1. The molecule has 0 aliphatic carbocycles. The first-order chi connectivity index (χ1) is 6.02. The molecule has 0 aromatic carbocycles. The van der Waals surface area contributed by atoms with E-state index in [1.165, 1.54) is 6.08 Å². The van der Waals surface area contributed by atoms with Gasteiger partial charge >= 0.3 is 0 Å². The summed E-state index contributed by atoms with van der Waals surface area (Å²) < 4.78 is 0. The van der Waals surface area contributed by atoms with Crippen molar-refractivity contribution in [1.29, 1.82) is 5.41 Å². The SMILES string of the molecule is C/C=C(/N)C(=NO)C(Cl)=NC(=N)N. The quantitative estimate of drug-likeness (QED) is 0.222. The lowest BCUT2D eigenvalue weighted by Gasteiger charge is -2.00. The summed E-state index contributed by atoms with van der Waals surface area (Å²) in [6, 6.07) is 0. The monoisotopic (exact) mass is 203 g/mol. The third kappa shape index (κ3) is 3.57. The molecule has 6 nitrogen and oxygen atoms in total. The Bertz CT molecular complexity index is 293. The summed E-state index contributed by atoms with van der Waals surface area (Å²) in [6.45, 7) is 1.64. The summed E-state index contributed by atoms with van der Waals surface area (Å²) in [6.07, 6.45) is 1.48. The van der Waals surface area contributed by atoms with Crippen molar-refractivity contribution in [3.63, 3.8) is 0 Å². The highest BCUT2D eigenvalue weighted by molar-refractivity contribution is 6.86. The van der Waals surface area contributed by atoms with E-state index in [9.17, 15) is 0 Å². The summed E-state index contributed by atoms with van der Waals surface area (Å²) >= 11 is 5.53. The molecule has 0 atom stereocenters. The molecular weight excluding hydrogens is 194 g/mol. The fraction of sp³-hybridized carbons (Fsp3) is 0.167. The van der Waals surface area contributed by atoms with E-state index in [2.05, 4.69) is 10.1 Å². The Morgan fingerprint density at radius 1 is 1.54 bits per heavy atom. The molecule has 0 spiro atoms. The Morgan fingerprint density at radius 2 is 2.08 bits per heavy atom. The number of aliphatic imine (C=N–C) groups is 1. The topological polar surface area (TPSA) is 121 Å². The van der Waals surface area contributed by atoms with Crippen LogP contribution in [0.15, 0.2) is 21.9 Å². The van der Waals surface area contributed by atoms with Gasteiger partial charge in [-0.3, -0.25) is 5.41 Å². The van der Waals surface area contributed by atoms with Gasteiger partial charge in [-0.05, 0) is 6.92 Å². The van der Waals surface area contributed by atoms with Gasteiger partial charge in [-0.1, -0.05) is 22.8 Å². The molecule has 0 aliphatic heterocycles. The normalized spacial score (nSPS) is 14.5. The number of nitrogens with two attached hydrogens (primary N) is 2. The highest BCUT2D eigenvalue weighted by Crippen LogP contribution is 1.98. The lowest BCUT2D eigenvalue weighted by molar-refractivity contribution is 0.320. The van der Waals surface area contributed by atoms with Crippen LogP contribution in [0.3, 0.4) is 0 Å². The second-order valence-corrected chi connectivity index (χ2v) is 2.34. The van der Waals surface area contributed by atoms with Gasteiger partial charge in [-0.2, -0.15) is 4.99 Å². The molecule has 0 aromatic rings. The predicted molar refractivity (Wildman–Crippen MR) is 52.4 cm³/mol.